The highest BCUT2D eigenvalue weighted by Crippen LogP contribution is 2.63. The van der Waals surface area contributed by atoms with Crippen molar-refractivity contribution in [3.8, 4) is 5.75 Å². The first-order chi connectivity index (χ1) is 15.8. The van der Waals surface area contributed by atoms with Gasteiger partial charge in [-0.2, -0.15) is 0 Å². The molecule has 4 rings (SSSR count). The zero-order valence-corrected chi connectivity index (χ0v) is 22.1. The number of alkyl halides is 1. The normalized spacial score (nSPS) is 37.8. The number of carboxylic acids is 1. The van der Waals surface area contributed by atoms with Crippen molar-refractivity contribution in [3.05, 3.63) is 41.5 Å². The van der Waals surface area contributed by atoms with Gasteiger partial charge >= 0.3 is 5.97 Å². The first kappa shape index (κ1) is 25.7. The average Bonchev–Trinajstić information content (AvgIpc) is 3.21. The van der Waals surface area contributed by atoms with Gasteiger partial charge in [0.15, 0.2) is 0 Å². The van der Waals surface area contributed by atoms with E-state index in [-0.39, 0.29) is 22.5 Å². The third-order valence-corrected chi connectivity index (χ3v) is 10.3. The molecule has 2 aliphatic carbocycles. The SMILES string of the molecule is CC(C)(/C=C/C[C@@]1(C)[C@H](Br)CC[C@@]2(C)C[C@](O)([C@H]3Cc4cc(C(=O)O)ccc4O3)CC[C@@H]21)OO. The average molecular weight is 537 g/mol. The molecule has 1 aliphatic heterocycles. The molecule has 0 spiro atoms. The molecule has 1 aromatic carbocycles. The van der Waals surface area contributed by atoms with Gasteiger partial charge in [-0.1, -0.05) is 41.9 Å². The Hall–Kier alpha value is -1.41. The molecule has 0 unspecified atom stereocenters. The van der Waals surface area contributed by atoms with E-state index in [2.05, 4.69) is 40.7 Å². The van der Waals surface area contributed by atoms with Crippen LogP contribution in [0.1, 0.15) is 82.1 Å². The van der Waals surface area contributed by atoms with Crippen LogP contribution in [0, 0.1) is 16.7 Å². The van der Waals surface area contributed by atoms with E-state index in [4.69, 9.17) is 9.99 Å². The summed E-state index contributed by atoms with van der Waals surface area (Å²) in [4.78, 5) is 16.3. The van der Waals surface area contributed by atoms with E-state index < -0.39 is 17.2 Å². The van der Waals surface area contributed by atoms with Gasteiger partial charge in [0.2, 0.25) is 0 Å². The monoisotopic (exact) mass is 536 g/mol. The van der Waals surface area contributed by atoms with E-state index >= 15 is 0 Å². The molecule has 34 heavy (non-hydrogen) atoms. The van der Waals surface area contributed by atoms with Gasteiger partial charge in [-0.15, -0.1) is 0 Å². The predicted octanol–water partition coefficient (Wildman–Crippen LogP) is 6.00. The number of hydrogen-bond acceptors (Lipinski definition) is 5. The Kier molecular flexibility index (Phi) is 6.73. The summed E-state index contributed by atoms with van der Waals surface area (Å²) in [5.41, 5.74) is -0.591. The number of carbonyl (C=O) groups is 1. The number of hydrogen-bond donors (Lipinski definition) is 3. The second-order valence-electron chi connectivity index (χ2n) is 11.8. The maximum Gasteiger partial charge on any atom is 0.335 e. The van der Waals surface area contributed by atoms with Crippen LogP contribution in [0.3, 0.4) is 0 Å². The Balaban J connectivity index is 1.53. The number of carboxylic acid groups (broad SMARTS) is 1. The lowest BCUT2D eigenvalue weighted by Gasteiger charge is -2.60. The maximum absolute atomic E-state index is 11.9. The summed E-state index contributed by atoms with van der Waals surface area (Å²) in [5, 5.41) is 30.3. The van der Waals surface area contributed by atoms with E-state index in [1.165, 1.54) is 0 Å². The lowest BCUT2D eigenvalue weighted by molar-refractivity contribution is -0.297. The lowest BCUT2D eigenvalue weighted by atomic mass is 9.47. The van der Waals surface area contributed by atoms with E-state index in [1.807, 2.05) is 19.9 Å². The quantitative estimate of drug-likeness (QED) is 0.178. The molecule has 0 bridgehead atoms. The van der Waals surface area contributed by atoms with Crippen molar-refractivity contribution in [2.45, 2.75) is 94.8 Å². The second kappa shape index (κ2) is 8.91. The fourth-order valence-corrected chi connectivity index (χ4v) is 7.63. The smallest absolute Gasteiger partial charge is 0.335 e. The number of ether oxygens (including phenoxy) is 1. The number of benzene rings is 1. The van der Waals surface area contributed by atoms with Gasteiger partial charge in [-0.25, -0.2) is 9.68 Å². The third-order valence-electron chi connectivity index (χ3n) is 8.79. The summed E-state index contributed by atoms with van der Waals surface area (Å²) in [6, 6.07) is 4.95. The van der Waals surface area contributed by atoms with Crippen molar-refractivity contribution in [1.29, 1.82) is 0 Å². The minimum atomic E-state index is -0.952. The Morgan fingerprint density at radius 2 is 2.03 bits per heavy atom. The summed E-state index contributed by atoms with van der Waals surface area (Å²) in [5.74, 6) is 0.152. The van der Waals surface area contributed by atoms with Crippen molar-refractivity contribution in [2.75, 3.05) is 0 Å². The standard InChI is InChI=1S/C27H37BrO6/c1-24(2,34-32)10-5-11-26(4)20-8-13-27(31,16-25(20,3)12-9-21(26)28)22-15-18-14-17(23(29)30)6-7-19(18)33-22/h5-7,10,14,20-22,31-32H,8-9,11-13,15-16H2,1-4H3,(H,29,30)/b10-5+/t20-,21+,22+,25-,26+,27-/m0/s1. The molecular weight excluding hydrogens is 500 g/mol. The molecule has 3 aliphatic rings. The van der Waals surface area contributed by atoms with Crippen LogP contribution in [0.25, 0.3) is 0 Å². The molecule has 0 aromatic heterocycles. The van der Waals surface area contributed by atoms with Crippen molar-refractivity contribution in [3.63, 3.8) is 0 Å². The zero-order chi connectivity index (χ0) is 24.9. The number of fused-ring (bicyclic) bond motifs is 2. The van der Waals surface area contributed by atoms with Crippen LogP contribution in [-0.2, 0) is 11.3 Å². The minimum absolute atomic E-state index is 0.00620. The van der Waals surface area contributed by atoms with E-state index in [1.54, 1.807) is 18.2 Å². The van der Waals surface area contributed by atoms with Gasteiger partial charge in [0.25, 0.3) is 0 Å². The fourth-order valence-electron chi connectivity index (χ4n) is 6.90. The number of halogens is 1. The van der Waals surface area contributed by atoms with E-state index in [9.17, 15) is 15.0 Å². The van der Waals surface area contributed by atoms with Crippen LogP contribution in [-0.4, -0.2) is 43.6 Å². The molecule has 188 valence electrons. The summed E-state index contributed by atoms with van der Waals surface area (Å²) in [6.07, 6.45) is 9.34. The van der Waals surface area contributed by atoms with Crippen LogP contribution in [0.2, 0.25) is 0 Å². The van der Waals surface area contributed by atoms with Gasteiger partial charge in [0.05, 0.1) is 5.56 Å². The Morgan fingerprint density at radius 1 is 1.29 bits per heavy atom. The Bertz CT molecular complexity index is 976. The molecule has 6 atom stereocenters. The van der Waals surface area contributed by atoms with Crippen LogP contribution in [0.4, 0.5) is 0 Å². The number of aliphatic hydroxyl groups is 1. The van der Waals surface area contributed by atoms with Gasteiger partial charge in [-0.3, -0.25) is 5.26 Å². The first-order valence-electron chi connectivity index (χ1n) is 12.2. The van der Waals surface area contributed by atoms with Gasteiger partial charge in [0.1, 0.15) is 23.1 Å². The van der Waals surface area contributed by atoms with Gasteiger partial charge in [0, 0.05) is 11.2 Å². The highest BCUT2D eigenvalue weighted by Gasteiger charge is 2.59. The van der Waals surface area contributed by atoms with E-state index in [0.29, 0.717) is 35.8 Å². The highest BCUT2D eigenvalue weighted by molar-refractivity contribution is 9.09. The number of allylic oxidation sites excluding steroid dienone is 1. The number of rotatable bonds is 6. The molecule has 7 heteroatoms. The molecular formula is C27H37BrO6. The number of aromatic carboxylic acids is 1. The lowest BCUT2D eigenvalue weighted by Crippen LogP contribution is -2.59. The largest absolute Gasteiger partial charge is 0.487 e. The molecule has 1 aromatic rings. The second-order valence-corrected chi connectivity index (χ2v) is 12.9. The Morgan fingerprint density at radius 3 is 2.71 bits per heavy atom. The molecule has 2 fully saturated rings. The summed E-state index contributed by atoms with van der Waals surface area (Å²) < 4.78 is 6.20. The van der Waals surface area contributed by atoms with Crippen molar-refractivity contribution in [2.24, 2.45) is 16.7 Å². The highest BCUT2D eigenvalue weighted by atomic mass is 79.9. The van der Waals surface area contributed by atoms with Crippen LogP contribution < -0.4 is 4.74 Å². The van der Waals surface area contributed by atoms with Crippen LogP contribution in [0.5, 0.6) is 5.75 Å². The minimum Gasteiger partial charge on any atom is -0.487 e. The maximum atomic E-state index is 11.9. The topological polar surface area (TPSA) is 96.2 Å². The van der Waals surface area contributed by atoms with Crippen molar-refractivity contribution in [1.82, 2.24) is 0 Å². The van der Waals surface area contributed by atoms with Gasteiger partial charge in [-0.05, 0) is 92.9 Å². The third kappa shape index (κ3) is 4.57. The van der Waals surface area contributed by atoms with Gasteiger partial charge < -0.3 is 14.9 Å². The molecule has 6 nitrogen and oxygen atoms in total. The summed E-state index contributed by atoms with van der Waals surface area (Å²) in [7, 11) is 0. The molecule has 0 radical (unpaired) electrons. The zero-order valence-electron chi connectivity index (χ0n) is 20.5. The van der Waals surface area contributed by atoms with Crippen LogP contribution >= 0.6 is 15.9 Å². The van der Waals surface area contributed by atoms with E-state index in [0.717, 1.165) is 31.2 Å². The molecule has 3 N–H and O–H groups in total. The summed E-state index contributed by atoms with van der Waals surface area (Å²) >= 11 is 3.98. The van der Waals surface area contributed by atoms with Crippen LogP contribution in [0.15, 0.2) is 30.4 Å². The Labute approximate surface area is 210 Å². The predicted molar refractivity (Wildman–Crippen MR) is 134 cm³/mol. The molecule has 1 heterocycles. The summed E-state index contributed by atoms with van der Waals surface area (Å²) in [6.45, 7) is 8.30. The molecule has 0 saturated heterocycles. The van der Waals surface area contributed by atoms with Crippen molar-refractivity contribution >= 4 is 21.9 Å². The fraction of sp³-hybridized carbons (Fsp3) is 0.667. The molecule has 2 saturated carbocycles. The molecule has 0 amide bonds. The van der Waals surface area contributed by atoms with Crippen molar-refractivity contribution < 1.29 is 29.9 Å². The first-order valence-corrected chi connectivity index (χ1v) is 13.1.